The minimum Gasteiger partial charge on any atom is -0.339 e. The summed E-state index contributed by atoms with van der Waals surface area (Å²) < 4.78 is 0. The zero-order chi connectivity index (χ0) is 20.7. The van der Waals surface area contributed by atoms with Crippen molar-refractivity contribution < 1.29 is 19.2 Å². The van der Waals surface area contributed by atoms with E-state index in [1.807, 2.05) is 0 Å². The second-order valence-corrected chi connectivity index (χ2v) is 6.26. The van der Waals surface area contributed by atoms with Crippen molar-refractivity contribution in [1.29, 1.82) is 0 Å². The Morgan fingerprint density at radius 2 is 1.46 bits per heavy atom. The Morgan fingerprint density at radius 1 is 0.857 bits per heavy atom. The lowest BCUT2D eigenvalue weighted by molar-refractivity contribution is -0.136. The Bertz CT molecular complexity index is 913. The van der Waals surface area contributed by atoms with E-state index in [4.69, 9.17) is 11.6 Å². The number of amides is 4. The van der Waals surface area contributed by atoms with Crippen LogP contribution in [-0.4, -0.2) is 30.2 Å². The Hall–Kier alpha value is -3.39. The fourth-order valence-corrected chi connectivity index (χ4v) is 2.38. The van der Waals surface area contributed by atoms with Crippen molar-refractivity contribution in [2.24, 2.45) is 0 Å². The van der Waals surface area contributed by atoms with Gasteiger partial charge >= 0.3 is 11.8 Å². The predicted molar refractivity (Wildman–Crippen MR) is 107 cm³/mol. The molecule has 0 fully saturated rings. The van der Waals surface area contributed by atoms with Crippen molar-refractivity contribution in [1.82, 2.24) is 5.32 Å². The second-order valence-electron chi connectivity index (χ2n) is 5.86. The van der Waals surface area contributed by atoms with Crippen LogP contribution < -0.4 is 21.3 Å². The molecule has 0 aliphatic rings. The average Bonchev–Trinajstić information content (AvgIpc) is 2.64. The van der Waals surface area contributed by atoms with Crippen LogP contribution in [0.2, 0.25) is 5.02 Å². The van der Waals surface area contributed by atoms with Gasteiger partial charge < -0.3 is 21.3 Å². The van der Waals surface area contributed by atoms with Crippen molar-refractivity contribution in [3.05, 3.63) is 53.1 Å². The molecule has 0 saturated heterocycles. The number of hydrogen-bond donors (Lipinski definition) is 4. The fraction of sp³-hybridized carbons (Fsp3) is 0.158. The highest BCUT2D eigenvalue weighted by Gasteiger charge is 2.15. The van der Waals surface area contributed by atoms with Crippen LogP contribution >= 0.6 is 11.6 Å². The normalized spacial score (nSPS) is 9.96. The highest BCUT2D eigenvalue weighted by Crippen LogP contribution is 2.22. The smallest absolute Gasteiger partial charge is 0.313 e. The monoisotopic (exact) mass is 402 g/mol. The molecule has 4 amide bonds. The number of halogens is 1. The summed E-state index contributed by atoms with van der Waals surface area (Å²) in [5.74, 6) is -2.59. The van der Waals surface area contributed by atoms with Crippen LogP contribution in [-0.2, 0) is 19.2 Å². The molecule has 0 heterocycles. The first kappa shape index (κ1) is 20.9. The van der Waals surface area contributed by atoms with E-state index < -0.39 is 17.7 Å². The molecule has 0 aliphatic carbocycles. The molecule has 8 nitrogen and oxygen atoms in total. The zero-order valence-corrected chi connectivity index (χ0v) is 16.0. The van der Waals surface area contributed by atoms with E-state index in [0.717, 1.165) is 0 Å². The molecule has 2 rings (SSSR count). The van der Waals surface area contributed by atoms with Crippen LogP contribution in [0.5, 0.6) is 0 Å². The number of benzene rings is 2. The van der Waals surface area contributed by atoms with E-state index in [1.165, 1.54) is 19.1 Å². The molecular weight excluding hydrogens is 384 g/mol. The standard InChI is InChI=1S/C19H19ClN4O4/c1-11-15(20)4-3-5-16(11)24-17(26)10-21-18(27)19(28)23-14-8-6-13(7-9-14)22-12(2)25/h3-9H,10H2,1-2H3,(H,21,27)(H,22,25)(H,23,28)(H,24,26). The highest BCUT2D eigenvalue weighted by atomic mass is 35.5. The maximum absolute atomic E-state index is 12.0. The zero-order valence-electron chi connectivity index (χ0n) is 15.3. The van der Waals surface area contributed by atoms with Crippen LogP contribution in [0.25, 0.3) is 0 Å². The van der Waals surface area contributed by atoms with Gasteiger partial charge in [0.05, 0.1) is 6.54 Å². The molecule has 0 aliphatic heterocycles. The molecule has 0 saturated carbocycles. The summed E-state index contributed by atoms with van der Waals surface area (Å²) in [7, 11) is 0. The van der Waals surface area contributed by atoms with Gasteiger partial charge in [-0.2, -0.15) is 0 Å². The molecule has 0 spiro atoms. The average molecular weight is 403 g/mol. The summed E-state index contributed by atoms with van der Waals surface area (Å²) in [6, 6.07) is 11.3. The van der Waals surface area contributed by atoms with Gasteiger partial charge in [-0.1, -0.05) is 17.7 Å². The Kier molecular flexibility index (Phi) is 7.11. The summed E-state index contributed by atoms with van der Waals surface area (Å²) in [5.41, 5.74) is 2.15. The lowest BCUT2D eigenvalue weighted by atomic mass is 10.2. The van der Waals surface area contributed by atoms with E-state index >= 15 is 0 Å². The van der Waals surface area contributed by atoms with Crippen molar-refractivity contribution >= 4 is 52.3 Å². The van der Waals surface area contributed by atoms with Gasteiger partial charge in [0.25, 0.3) is 0 Å². The van der Waals surface area contributed by atoms with Crippen molar-refractivity contribution in [3.63, 3.8) is 0 Å². The largest absolute Gasteiger partial charge is 0.339 e. The lowest BCUT2D eigenvalue weighted by Gasteiger charge is -2.10. The van der Waals surface area contributed by atoms with Gasteiger partial charge in [0.2, 0.25) is 11.8 Å². The first-order valence-electron chi connectivity index (χ1n) is 8.28. The van der Waals surface area contributed by atoms with Gasteiger partial charge in [0.1, 0.15) is 0 Å². The number of carbonyl (C=O) groups is 4. The fourth-order valence-electron chi connectivity index (χ4n) is 2.21. The number of carbonyl (C=O) groups excluding carboxylic acids is 4. The van der Waals surface area contributed by atoms with Crippen LogP contribution in [0, 0.1) is 6.92 Å². The number of rotatable bonds is 5. The van der Waals surface area contributed by atoms with Gasteiger partial charge in [-0.25, -0.2) is 0 Å². The molecular formula is C19H19ClN4O4. The molecule has 0 aromatic heterocycles. The summed E-state index contributed by atoms with van der Waals surface area (Å²) >= 11 is 5.98. The third-order valence-corrected chi connectivity index (χ3v) is 4.03. The highest BCUT2D eigenvalue weighted by molar-refractivity contribution is 6.40. The number of anilines is 3. The topological polar surface area (TPSA) is 116 Å². The number of hydrogen-bond acceptors (Lipinski definition) is 4. The first-order chi connectivity index (χ1) is 13.3. The lowest BCUT2D eigenvalue weighted by Crippen LogP contribution is -2.39. The van der Waals surface area contributed by atoms with Crippen LogP contribution in [0.4, 0.5) is 17.1 Å². The van der Waals surface area contributed by atoms with E-state index in [0.29, 0.717) is 27.6 Å². The van der Waals surface area contributed by atoms with Crippen molar-refractivity contribution in [3.8, 4) is 0 Å². The van der Waals surface area contributed by atoms with Gasteiger partial charge in [-0.15, -0.1) is 0 Å². The van der Waals surface area contributed by atoms with E-state index in [-0.39, 0.29) is 12.5 Å². The van der Waals surface area contributed by atoms with Crippen LogP contribution in [0.15, 0.2) is 42.5 Å². The molecule has 9 heteroatoms. The molecule has 2 aromatic rings. The van der Waals surface area contributed by atoms with Gasteiger partial charge in [0.15, 0.2) is 0 Å². The third-order valence-electron chi connectivity index (χ3n) is 3.62. The van der Waals surface area contributed by atoms with Gasteiger partial charge in [0, 0.05) is 29.0 Å². The van der Waals surface area contributed by atoms with Crippen molar-refractivity contribution in [2.45, 2.75) is 13.8 Å². The molecule has 0 radical (unpaired) electrons. The maximum atomic E-state index is 12.0. The van der Waals surface area contributed by atoms with Gasteiger partial charge in [-0.3, -0.25) is 19.2 Å². The quantitative estimate of drug-likeness (QED) is 0.574. The summed E-state index contributed by atoms with van der Waals surface area (Å²) in [6.45, 7) is 2.75. The molecule has 28 heavy (non-hydrogen) atoms. The van der Waals surface area contributed by atoms with Crippen molar-refractivity contribution in [2.75, 3.05) is 22.5 Å². The van der Waals surface area contributed by atoms with E-state index in [9.17, 15) is 19.2 Å². The second kappa shape index (κ2) is 9.52. The molecule has 2 aromatic carbocycles. The minimum atomic E-state index is -0.955. The summed E-state index contributed by atoms with van der Waals surface area (Å²) in [6.07, 6.45) is 0. The minimum absolute atomic E-state index is 0.220. The van der Waals surface area contributed by atoms with Crippen LogP contribution in [0.3, 0.4) is 0 Å². The number of nitrogens with one attached hydrogen (secondary N) is 4. The van der Waals surface area contributed by atoms with Crippen LogP contribution in [0.1, 0.15) is 12.5 Å². The molecule has 146 valence electrons. The molecule has 0 atom stereocenters. The Labute approximate surface area is 166 Å². The van der Waals surface area contributed by atoms with E-state index in [2.05, 4.69) is 21.3 Å². The van der Waals surface area contributed by atoms with E-state index in [1.54, 1.807) is 37.3 Å². The molecule has 0 unspecified atom stereocenters. The molecule has 0 bridgehead atoms. The maximum Gasteiger partial charge on any atom is 0.313 e. The summed E-state index contributed by atoms with van der Waals surface area (Å²) in [4.78, 5) is 46.7. The summed E-state index contributed by atoms with van der Waals surface area (Å²) in [5, 5.41) is 10.3. The Balaban J connectivity index is 1.83. The van der Waals surface area contributed by atoms with Gasteiger partial charge in [-0.05, 0) is 48.9 Å². The SMILES string of the molecule is CC(=O)Nc1ccc(NC(=O)C(=O)NCC(=O)Nc2cccc(Cl)c2C)cc1. The predicted octanol–water partition coefficient (Wildman–Crippen LogP) is 2.30. The molecule has 4 N–H and O–H groups in total. The Morgan fingerprint density at radius 3 is 2.07 bits per heavy atom. The first-order valence-corrected chi connectivity index (χ1v) is 8.66. The third kappa shape index (κ3) is 6.10.